The summed E-state index contributed by atoms with van der Waals surface area (Å²) in [4.78, 5) is 28.2. The summed E-state index contributed by atoms with van der Waals surface area (Å²) in [6.07, 6.45) is 0.784. The van der Waals surface area contributed by atoms with Crippen LogP contribution < -0.4 is 5.32 Å². The Morgan fingerprint density at radius 2 is 1.87 bits per heavy atom. The van der Waals surface area contributed by atoms with Gasteiger partial charge in [0.25, 0.3) is 5.91 Å². The van der Waals surface area contributed by atoms with Crippen LogP contribution in [0.15, 0.2) is 53.5 Å². The van der Waals surface area contributed by atoms with E-state index in [2.05, 4.69) is 10.3 Å². The van der Waals surface area contributed by atoms with Crippen molar-refractivity contribution < 1.29 is 14.3 Å². The van der Waals surface area contributed by atoms with Gasteiger partial charge in [0, 0.05) is 5.56 Å². The predicted octanol–water partition coefficient (Wildman–Crippen LogP) is 3.33. The monoisotopic (exact) mass is 308 g/mol. The van der Waals surface area contributed by atoms with Gasteiger partial charge in [-0.1, -0.05) is 25.1 Å². The zero-order chi connectivity index (χ0) is 16.2. The van der Waals surface area contributed by atoms with Gasteiger partial charge in [0.2, 0.25) is 0 Å². The van der Waals surface area contributed by atoms with Crippen molar-refractivity contribution in [2.75, 3.05) is 11.9 Å². The number of hydrogen-bond donors (Lipinski definition) is 1. The van der Waals surface area contributed by atoms with Crippen LogP contribution in [-0.2, 0) is 9.53 Å². The highest BCUT2D eigenvalue weighted by molar-refractivity contribution is 6.54. The molecule has 1 aliphatic rings. The number of carbonyl (C=O) groups is 2. The Labute approximate surface area is 134 Å². The number of amides is 1. The second-order valence-corrected chi connectivity index (χ2v) is 5.14. The van der Waals surface area contributed by atoms with E-state index in [0.717, 1.165) is 17.7 Å². The number of para-hydroxylation sites is 1. The molecule has 116 valence electrons. The molecule has 3 rings (SSSR count). The first-order chi connectivity index (χ1) is 11.2. The second-order valence-electron chi connectivity index (χ2n) is 5.14. The molecule has 0 radical (unpaired) electrons. The third-order valence-electron chi connectivity index (χ3n) is 3.43. The van der Waals surface area contributed by atoms with Gasteiger partial charge in [-0.3, -0.25) is 4.79 Å². The van der Waals surface area contributed by atoms with E-state index in [1.165, 1.54) is 0 Å². The van der Waals surface area contributed by atoms with Crippen LogP contribution in [0, 0.1) is 0 Å². The normalized spacial score (nSPS) is 14.5. The Kier molecular flexibility index (Phi) is 4.19. The molecule has 0 aliphatic carbocycles. The fraction of sp³-hybridized carbons (Fsp3) is 0.167. The topological polar surface area (TPSA) is 67.8 Å². The van der Waals surface area contributed by atoms with Crippen molar-refractivity contribution in [3.63, 3.8) is 0 Å². The lowest BCUT2D eigenvalue weighted by Crippen LogP contribution is -2.13. The number of hydrogen-bond acceptors (Lipinski definition) is 4. The number of aliphatic imine (C=N–C) groups is 1. The van der Waals surface area contributed by atoms with Crippen LogP contribution in [0.3, 0.4) is 0 Å². The maximum Gasteiger partial charge on any atom is 0.338 e. The quantitative estimate of drug-likeness (QED) is 0.881. The van der Waals surface area contributed by atoms with Gasteiger partial charge in [-0.2, -0.15) is 0 Å². The number of nitrogens with zero attached hydrogens (tertiary/aromatic N) is 1. The molecule has 0 bridgehead atoms. The molecular formula is C18H16N2O3. The van der Waals surface area contributed by atoms with Gasteiger partial charge in [-0.15, -0.1) is 0 Å². The van der Waals surface area contributed by atoms with Crippen LogP contribution in [0.1, 0.15) is 29.3 Å². The van der Waals surface area contributed by atoms with E-state index in [4.69, 9.17) is 4.74 Å². The minimum absolute atomic E-state index is 0.224. The molecule has 0 saturated carbocycles. The van der Waals surface area contributed by atoms with Crippen molar-refractivity contribution in [1.82, 2.24) is 0 Å². The van der Waals surface area contributed by atoms with E-state index in [-0.39, 0.29) is 11.9 Å². The van der Waals surface area contributed by atoms with Crippen molar-refractivity contribution >= 4 is 29.0 Å². The molecule has 0 spiro atoms. The van der Waals surface area contributed by atoms with Crippen molar-refractivity contribution in [3.05, 3.63) is 59.7 Å². The van der Waals surface area contributed by atoms with Crippen LogP contribution in [0.4, 0.5) is 11.4 Å². The number of esters is 1. The molecule has 1 aliphatic heterocycles. The molecule has 1 heterocycles. The zero-order valence-electron chi connectivity index (χ0n) is 12.7. The molecule has 23 heavy (non-hydrogen) atoms. The smallest absolute Gasteiger partial charge is 0.338 e. The lowest BCUT2D eigenvalue weighted by Gasteiger charge is -2.03. The van der Waals surface area contributed by atoms with E-state index in [1.807, 2.05) is 31.2 Å². The number of anilines is 1. The largest absolute Gasteiger partial charge is 0.462 e. The number of rotatable bonds is 4. The van der Waals surface area contributed by atoms with Crippen molar-refractivity contribution in [3.8, 4) is 0 Å². The summed E-state index contributed by atoms with van der Waals surface area (Å²) >= 11 is 0. The van der Waals surface area contributed by atoms with Gasteiger partial charge in [0.15, 0.2) is 0 Å². The molecule has 5 heteroatoms. The number of nitrogens with one attached hydrogen (secondary N) is 1. The molecule has 0 fully saturated rings. The first-order valence-electron chi connectivity index (χ1n) is 7.45. The summed E-state index contributed by atoms with van der Waals surface area (Å²) in [5.74, 6) is -0.576. The maximum atomic E-state index is 12.0. The molecule has 1 N–H and O–H groups in total. The molecule has 0 aromatic heterocycles. The molecule has 2 aromatic rings. The van der Waals surface area contributed by atoms with Gasteiger partial charge in [-0.05, 0) is 36.8 Å². The van der Waals surface area contributed by atoms with Gasteiger partial charge < -0.3 is 10.1 Å². The lowest BCUT2D eigenvalue weighted by atomic mass is 10.1. The standard InChI is InChI=1S/C18H16N2O3/c1-2-11-23-18(22)12-7-9-13(10-8-12)19-16-14-5-3-4-6-15(14)20-17(16)21/h3-10H,2,11H2,1H3,(H,19,20,21). The average Bonchev–Trinajstić information content (AvgIpc) is 2.89. The van der Waals surface area contributed by atoms with Gasteiger partial charge in [-0.25, -0.2) is 9.79 Å². The molecule has 1 amide bonds. The first-order valence-corrected chi connectivity index (χ1v) is 7.45. The summed E-state index contributed by atoms with van der Waals surface area (Å²) in [6.45, 7) is 2.34. The van der Waals surface area contributed by atoms with E-state index < -0.39 is 0 Å². The summed E-state index contributed by atoms with van der Waals surface area (Å²) in [6, 6.07) is 14.1. The molecule has 0 unspecified atom stereocenters. The lowest BCUT2D eigenvalue weighted by molar-refractivity contribution is -0.110. The van der Waals surface area contributed by atoms with Crippen LogP contribution in [0.5, 0.6) is 0 Å². The highest BCUT2D eigenvalue weighted by atomic mass is 16.5. The highest BCUT2D eigenvalue weighted by Gasteiger charge is 2.25. The Hall–Kier alpha value is -2.95. The molecule has 0 saturated heterocycles. The minimum atomic E-state index is -0.352. The summed E-state index contributed by atoms with van der Waals surface area (Å²) < 4.78 is 5.08. The Morgan fingerprint density at radius 3 is 2.61 bits per heavy atom. The fourth-order valence-corrected chi connectivity index (χ4v) is 2.29. The van der Waals surface area contributed by atoms with Crippen LogP contribution in [0.2, 0.25) is 0 Å². The summed E-state index contributed by atoms with van der Waals surface area (Å²) in [5, 5.41) is 2.78. The van der Waals surface area contributed by atoms with E-state index in [0.29, 0.717) is 23.6 Å². The van der Waals surface area contributed by atoms with Crippen LogP contribution in [-0.4, -0.2) is 24.2 Å². The molecule has 2 aromatic carbocycles. The summed E-state index contributed by atoms with van der Waals surface area (Å²) in [7, 11) is 0. The van der Waals surface area contributed by atoms with Gasteiger partial charge in [0.05, 0.1) is 23.5 Å². The van der Waals surface area contributed by atoms with Gasteiger partial charge in [0.1, 0.15) is 5.71 Å². The molecular weight excluding hydrogens is 292 g/mol. The van der Waals surface area contributed by atoms with E-state index in [1.54, 1.807) is 24.3 Å². The third kappa shape index (κ3) is 3.13. The number of fused-ring (bicyclic) bond motifs is 1. The Bertz CT molecular complexity index is 779. The van der Waals surface area contributed by atoms with Crippen molar-refractivity contribution in [2.45, 2.75) is 13.3 Å². The predicted molar refractivity (Wildman–Crippen MR) is 88.3 cm³/mol. The maximum absolute atomic E-state index is 12.0. The van der Waals surface area contributed by atoms with Crippen molar-refractivity contribution in [2.24, 2.45) is 4.99 Å². The molecule has 5 nitrogen and oxygen atoms in total. The van der Waals surface area contributed by atoms with Crippen molar-refractivity contribution in [1.29, 1.82) is 0 Å². The first kappa shape index (κ1) is 15.0. The number of carbonyl (C=O) groups excluding carboxylic acids is 2. The van der Waals surface area contributed by atoms with Crippen LogP contribution in [0.25, 0.3) is 0 Å². The Balaban J connectivity index is 1.83. The van der Waals surface area contributed by atoms with E-state index in [9.17, 15) is 9.59 Å². The fourth-order valence-electron chi connectivity index (χ4n) is 2.29. The summed E-state index contributed by atoms with van der Waals surface area (Å²) in [5.41, 5.74) is 3.00. The zero-order valence-corrected chi connectivity index (χ0v) is 12.7. The average molecular weight is 308 g/mol. The Morgan fingerprint density at radius 1 is 1.13 bits per heavy atom. The van der Waals surface area contributed by atoms with Gasteiger partial charge >= 0.3 is 5.97 Å². The third-order valence-corrected chi connectivity index (χ3v) is 3.43. The molecule has 0 atom stereocenters. The van der Waals surface area contributed by atoms with E-state index >= 15 is 0 Å². The SMILES string of the molecule is CCCOC(=O)c1ccc(N=C2C(=O)Nc3ccccc32)cc1. The van der Waals surface area contributed by atoms with Crippen LogP contribution >= 0.6 is 0 Å². The minimum Gasteiger partial charge on any atom is -0.462 e. The highest BCUT2D eigenvalue weighted by Crippen LogP contribution is 2.25. The second kappa shape index (κ2) is 6.44. The number of benzene rings is 2. The number of ether oxygens (including phenoxy) is 1.